The molecule has 1 N–H and O–H groups in total. The summed E-state index contributed by atoms with van der Waals surface area (Å²) >= 11 is 0. The van der Waals surface area contributed by atoms with E-state index >= 15 is 0 Å². The van der Waals surface area contributed by atoms with Crippen LogP contribution in [0, 0.1) is 0 Å². The summed E-state index contributed by atoms with van der Waals surface area (Å²) in [5.74, 6) is 0.539. The van der Waals surface area contributed by atoms with Crippen LogP contribution in [0.15, 0.2) is 48.5 Å². The number of ether oxygens (including phenoxy) is 2. The van der Waals surface area contributed by atoms with Crippen LogP contribution in [0.25, 0.3) is 5.57 Å². The van der Waals surface area contributed by atoms with Gasteiger partial charge in [0.25, 0.3) is 0 Å². The lowest BCUT2D eigenvalue weighted by Crippen LogP contribution is -2.07. The maximum absolute atomic E-state index is 11.1. The van der Waals surface area contributed by atoms with E-state index in [1.807, 2.05) is 30.3 Å². The molecule has 0 unspecified atom stereocenters. The van der Waals surface area contributed by atoms with Crippen LogP contribution in [0.5, 0.6) is 11.5 Å². The maximum Gasteiger partial charge on any atom is 0.335 e. The molecule has 21 heavy (non-hydrogen) atoms. The van der Waals surface area contributed by atoms with Crippen molar-refractivity contribution >= 4 is 11.5 Å². The second-order valence-corrected chi connectivity index (χ2v) is 4.67. The Morgan fingerprint density at radius 3 is 2.62 bits per heavy atom. The maximum atomic E-state index is 11.1. The van der Waals surface area contributed by atoms with Gasteiger partial charge in [-0.1, -0.05) is 12.1 Å². The molecule has 0 amide bonds. The quantitative estimate of drug-likeness (QED) is 0.939. The standard InChI is InChI=1S/C17H14O4/c1-20-13-5-2-11(3-6-13)14-8-9-21-16-7-4-12(17(18)19)10-15(14)16/h2-8,10H,9H2,1H3,(H,18,19). The number of rotatable bonds is 3. The molecule has 2 aromatic carbocycles. The van der Waals surface area contributed by atoms with Crippen molar-refractivity contribution in [3.8, 4) is 11.5 Å². The monoisotopic (exact) mass is 282 g/mol. The molecule has 3 rings (SSSR count). The van der Waals surface area contributed by atoms with Crippen molar-refractivity contribution in [2.45, 2.75) is 0 Å². The van der Waals surface area contributed by atoms with Crippen molar-refractivity contribution in [1.82, 2.24) is 0 Å². The van der Waals surface area contributed by atoms with Gasteiger partial charge < -0.3 is 14.6 Å². The lowest BCUT2D eigenvalue weighted by atomic mass is 9.94. The first-order valence-electron chi connectivity index (χ1n) is 6.54. The van der Waals surface area contributed by atoms with Gasteiger partial charge in [-0.3, -0.25) is 0 Å². The summed E-state index contributed by atoms with van der Waals surface area (Å²) in [5, 5.41) is 9.13. The van der Waals surface area contributed by atoms with Crippen molar-refractivity contribution in [3.05, 3.63) is 65.2 Å². The molecular weight excluding hydrogens is 268 g/mol. The van der Waals surface area contributed by atoms with Gasteiger partial charge in [-0.15, -0.1) is 0 Å². The second-order valence-electron chi connectivity index (χ2n) is 4.67. The normalized spacial score (nSPS) is 12.9. The van der Waals surface area contributed by atoms with Crippen molar-refractivity contribution in [2.75, 3.05) is 13.7 Å². The smallest absolute Gasteiger partial charge is 0.335 e. The molecule has 1 aliphatic rings. The van der Waals surface area contributed by atoms with E-state index in [0.29, 0.717) is 12.4 Å². The number of aromatic carboxylic acids is 1. The molecule has 0 aliphatic carbocycles. The fourth-order valence-corrected chi connectivity index (χ4v) is 2.37. The predicted molar refractivity (Wildman–Crippen MR) is 79.0 cm³/mol. The minimum absolute atomic E-state index is 0.249. The number of carboxylic acids is 1. The summed E-state index contributed by atoms with van der Waals surface area (Å²) in [4.78, 5) is 11.1. The minimum Gasteiger partial charge on any atom is -0.497 e. The molecule has 4 heteroatoms. The van der Waals surface area contributed by atoms with Gasteiger partial charge in [-0.05, 0) is 47.5 Å². The molecular formula is C17H14O4. The van der Waals surface area contributed by atoms with E-state index in [-0.39, 0.29) is 5.56 Å². The van der Waals surface area contributed by atoms with Crippen LogP contribution in [-0.2, 0) is 0 Å². The molecule has 106 valence electrons. The van der Waals surface area contributed by atoms with Crippen LogP contribution in [0.4, 0.5) is 0 Å². The first-order chi connectivity index (χ1) is 10.2. The number of carbonyl (C=O) groups is 1. The summed E-state index contributed by atoms with van der Waals surface area (Å²) in [6.45, 7) is 0.473. The Balaban J connectivity index is 2.06. The highest BCUT2D eigenvalue weighted by molar-refractivity contribution is 5.92. The molecule has 0 radical (unpaired) electrons. The average molecular weight is 282 g/mol. The topological polar surface area (TPSA) is 55.8 Å². The van der Waals surface area contributed by atoms with E-state index in [0.717, 1.165) is 22.4 Å². The van der Waals surface area contributed by atoms with Gasteiger partial charge in [0, 0.05) is 5.56 Å². The Labute approximate surface area is 122 Å². The molecule has 0 saturated carbocycles. The Bertz CT molecular complexity index is 714. The van der Waals surface area contributed by atoms with Crippen LogP contribution in [0.3, 0.4) is 0 Å². The molecule has 1 aliphatic heterocycles. The van der Waals surface area contributed by atoms with Crippen molar-refractivity contribution in [3.63, 3.8) is 0 Å². The van der Waals surface area contributed by atoms with E-state index in [4.69, 9.17) is 14.6 Å². The number of carboxylic acid groups (broad SMARTS) is 1. The largest absolute Gasteiger partial charge is 0.497 e. The molecule has 0 fully saturated rings. The average Bonchev–Trinajstić information content (AvgIpc) is 2.54. The molecule has 0 aromatic heterocycles. The second kappa shape index (κ2) is 5.32. The zero-order chi connectivity index (χ0) is 14.8. The van der Waals surface area contributed by atoms with Crippen LogP contribution in [0.1, 0.15) is 21.5 Å². The van der Waals surface area contributed by atoms with Crippen LogP contribution in [-0.4, -0.2) is 24.8 Å². The first kappa shape index (κ1) is 13.2. The number of hydrogen-bond donors (Lipinski definition) is 1. The molecule has 1 heterocycles. The Morgan fingerprint density at radius 2 is 1.95 bits per heavy atom. The van der Waals surface area contributed by atoms with E-state index in [2.05, 4.69) is 0 Å². The molecule has 4 nitrogen and oxygen atoms in total. The Morgan fingerprint density at radius 1 is 1.19 bits per heavy atom. The molecule has 0 bridgehead atoms. The summed E-state index contributed by atoms with van der Waals surface area (Å²) in [6.07, 6.45) is 1.95. The Kier molecular flexibility index (Phi) is 3.36. The van der Waals surface area contributed by atoms with Gasteiger partial charge in [0.15, 0.2) is 0 Å². The van der Waals surface area contributed by atoms with Crippen molar-refractivity contribution in [1.29, 1.82) is 0 Å². The summed E-state index contributed by atoms with van der Waals surface area (Å²) < 4.78 is 10.7. The molecule has 0 spiro atoms. The van der Waals surface area contributed by atoms with Crippen LogP contribution in [0.2, 0.25) is 0 Å². The summed E-state index contributed by atoms with van der Waals surface area (Å²) in [7, 11) is 1.62. The Hall–Kier alpha value is -2.75. The van der Waals surface area contributed by atoms with Crippen LogP contribution >= 0.6 is 0 Å². The molecule has 0 saturated heterocycles. The number of methoxy groups -OCH3 is 1. The third-order valence-corrected chi connectivity index (χ3v) is 3.44. The van der Waals surface area contributed by atoms with Gasteiger partial charge >= 0.3 is 5.97 Å². The van der Waals surface area contributed by atoms with E-state index in [1.54, 1.807) is 25.3 Å². The summed E-state index contributed by atoms with van der Waals surface area (Å²) in [5.41, 5.74) is 3.02. The summed E-state index contributed by atoms with van der Waals surface area (Å²) in [6, 6.07) is 12.6. The minimum atomic E-state index is -0.947. The predicted octanol–water partition coefficient (Wildman–Crippen LogP) is 3.22. The highest BCUT2D eigenvalue weighted by Crippen LogP contribution is 2.35. The zero-order valence-corrected chi connectivity index (χ0v) is 11.5. The van der Waals surface area contributed by atoms with Crippen LogP contribution < -0.4 is 9.47 Å². The van der Waals surface area contributed by atoms with Gasteiger partial charge in [0.2, 0.25) is 0 Å². The number of fused-ring (bicyclic) bond motifs is 1. The third kappa shape index (κ3) is 2.48. The fraction of sp³-hybridized carbons (Fsp3) is 0.118. The van der Waals surface area contributed by atoms with E-state index in [9.17, 15) is 4.79 Å². The highest BCUT2D eigenvalue weighted by Gasteiger charge is 2.17. The first-order valence-corrected chi connectivity index (χ1v) is 6.54. The van der Waals surface area contributed by atoms with E-state index in [1.165, 1.54) is 0 Å². The van der Waals surface area contributed by atoms with Gasteiger partial charge in [0.05, 0.1) is 12.7 Å². The molecule has 0 atom stereocenters. The van der Waals surface area contributed by atoms with E-state index < -0.39 is 5.97 Å². The fourth-order valence-electron chi connectivity index (χ4n) is 2.37. The SMILES string of the molecule is COc1ccc(C2=CCOc3ccc(C(=O)O)cc32)cc1. The number of benzene rings is 2. The molecule has 2 aromatic rings. The van der Waals surface area contributed by atoms with Gasteiger partial charge in [-0.2, -0.15) is 0 Å². The van der Waals surface area contributed by atoms with Gasteiger partial charge in [-0.25, -0.2) is 4.79 Å². The number of hydrogen-bond acceptors (Lipinski definition) is 3. The lowest BCUT2D eigenvalue weighted by Gasteiger charge is -2.19. The van der Waals surface area contributed by atoms with Crippen molar-refractivity contribution in [2.24, 2.45) is 0 Å². The van der Waals surface area contributed by atoms with Gasteiger partial charge in [0.1, 0.15) is 18.1 Å². The highest BCUT2D eigenvalue weighted by atomic mass is 16.5. The third-order valence-electron chi connectivity index (χ3n) is 3.44. The van der Waals surface area contributed by atoms with Crippen molar-refractivity contribution < 1.29 is 19.4 Å². The lowest BCUT2D eigenvalue weighted by molar-refractivity contribution is 0.0697. The zero-order valence-electron chi connectivity index (χ0n) is 11.5.